The molecule has 5 heteroatoms. The number of aliphatic hydroxyl groups excluding tert-OH is 1. The second kappa shape index (κ2) is 9.76. The second-order valence-corrected chi connectivity index (χ2v) is 8.73. The van der Waals surface area contributed by atoms with Gasteiger partial charge in [-0.25, -0.2) is 4.79 Å². The van der Waals surface area contributed by atoms with Gasteiger partial charge in [0, 0.05) is 5.75 Å². The molecule has 32 heavy (non-hydrogen) atoms. The molecule has 0 amide bonds. The summed E-state index contributed by atoms with van der Waals surface area (Å²) in [7, 11) is 0. The zero-order valence-corrected chi connectivity index (χ0v) is 18.3. The van der Waals surface area contributed by atoms with Crippen LogP contribution in [0.5, 0.6) is 0 Å². The first-order valence-electron chi connectivity index (χ1n) is 10.5. The summed E-state index contributed by atoms with van der Waals surface area (Å²) in [6, 6.07) is 29.1. The SMILES string of the molecule is N#Cc1ccccc1CSC1=C(O)CC(CCc2ccccc2)(c2ccccc2)OC1=O. The van der Waals surface area contributed by atoms with Gasteiger partial charge in [-0.1, -0.05) is 78.9 Å². The number of hydrogen-bond donors (Lipinski definition) is 1. The van der Waals surface area contributed by atoms with Gasteiger partial charge >= 0.3 is 5.97 Å². The molecule has 4 rings (SSSR count). The van der Waals surface area contributed by atoms with Gasteiger partial charge in [-0.2, -0.15) is 5.26 Å². The molecule has 1 N–H and O–H groups in total. The zero-order chi connectivity index (χ0) is 22.4. The number of nitrogens with zero attached hydrogens (tertiary/aromatic N) is 1. The molecule has 4 nitrogen and oxygen atoms in total. The third-order valence-electron chi connectivity index (χ3n) is 5.66. The molecule has 1 heterocycles. The van der Waals surface area contributed by atoms with E-state index in [0.717, 1.165) is 16.7 Å². The molecule has 0 aromatic heterocycles. The number of cyclic esters (lactones) is 1. The molecule has 0 radical (unpaired) electrons. The van der Waals surface area contributed by atoms with Gasteiger partial charge in [0.05, 0.1) is 18.1 Å². The molecule has 0 bridgehead atoms. The van der Waals surface area contributed by atoms with E-state index in [-0.39, 0.29) is 17.1 Å². The number of thioether (sulfide) groups is 1. The van der Waals surface area contributed by atoms with Crippen molar-refractivity contribution < 1.29 is 14.6 Å². The molecule has 1 atom stereocenters. The first-order valence-corrected chi connectivity index (χ1v) is 11.5. The Balaban J connectivity index is 1.59. The van der Waals surface area contributed by atoms with Crippen LogP contribution < -0.4 is 0 Å². The van der Waals surface area contributed by atoms with E-state index in [9.17, 15) is 15.2 Å². The Bertz CT molecular complexity index is 1170. The molecular weight excluding hydrogens is 418 g/mol. The van der Waals surface area contributed by atoms with Crippen LogP contribution in [-0.2, 0) is 27.3 Å². The third-order valence-corrected chi connectivity index (χ3v) is 6.80. The first kappa shape index (κ1) is 21.7. The fourth-order valence-electron chi connectivity index (χ4n) is 3.95. The van der Waals surface area contributed by atoms with Crippen LogP contribution in [0.15, 0.2) is 95.6 Å². The van der Waals surface area contributed by atoms with Crippen LogP contribution >= 0.6 is 11.8 Å². The summed E-state index contributed by atoms with van der Waals surface area (Å²) >= 11 is 1.21. The lowest BCUT2D eigenvalue weighted by Gasteiger charge is -2.37. The number of rotatable bonds is 7. The molecule has 0 spiro atoms. The maximum atomic E-state index is 13.1. The predicted molar refractivity (Wildman–Crippen MR) is 126 cm³/mol. The highest BCUT2D eigenvalue weighted by molar-refractivity contribution is 8.03. The standard InChI is InChI=1S/C27H23NO3S/c28-18-21-11-7-8-12-22(21)19-32-25-24(29)17-27(31-26(25)30,23-13-5-2-6-14-23)16-15-20-9-3-1-4-10-20/h1-14,29H,15-17,19H2. The Morgan fingerprint density at radius 2 is 1.62 bits per heavy atom. The number of ether oxygens (including phenoxy) is 1. The van der Waals surface area contributed by atoms with Crippen LogP contribution in [0.4, 0.5) is 0 Å². The minimum atomic E-state index is -0.924. The van der Waals surface area contributed by atoms with Gasteiger partial charge in [-0.15, -0.1) is 11.8 Å². The average molecular weight is 442 g/mol. The van der Waals surface area contributed by atoms with Crippen molar-refractivity contribution in [2.45, 2.75) is 30.6 Å². The van der Waals surface area contributed by atoms with Crippen molar-refractivity contribution in [2.24, 2.45) is 0 Å². The Labute approximate surface area is 192 Å². The van der Waals surface area contributed by atoms with Crippen molar-refractivity contribution >= 4 is 17.7 Å². The van der Waals surface area contributed by atoms with Gasteiger partial charge < -0.3 is 9.84 Å². The van der Waals surface area contributed by atoms with E-state index < -0.39 is 11.6 Å². The number of nitriles is 1. The molecule has 1 aliphatic heterocycles. The van der Waals surface area contributed by atoms with Gasteiger partial charge in [-0.3, -0.25) is 0 Å². The van der Waals surface area contributed by atoms with Crippen molar-refractivity contribution in [2.75, 3.05) is 0 Å². The quantitative estimate of drug-likeness (QED) is 0.453. The lowest BCUT2D eigenvalue weighted by atomic mass is 9.82. The Morgan fingerprint density at radius 3 is 2.31 bits per heavy atom. The molecule has 0 saturated carbocycles. The fraction of sp³-hybridized carbons (Fsp3) is 0.185. The molecular formula is C27H23NO3S. The Hall–Kier alpha value is -3.49. The Kier molecular flexibility index (Phi) is 6.63. The van der Waals surface area contributed by atoms with Crippen LogP contribution in [0, 0.1) is 11.3 Å². The molecule has 3 aromatic rings. The first-order chi connectivity index (χ1) is 15.6. The van der Waals surface area contributed by atoms with Crippen LogP contribution in [0.2, 0.25) is 0 Å². The van der Waals surface area contributed by atoms with Crippen molar-refractivity contribution in [3.63, 3.8) is 0 Å². The van der Waals surface area contributed by atoms with Gasteiger partial charge in [-0.05, 0) is 35.6 Å². The van der Waals surface area contributed by atoms with Crippen molar-refractivity contribution in [1.29, 1.82) is 5.26 Å². The van der Waals surface area contributed by atoms with Crippen LogP contribution in [0.1, 0.15) is 35.1 Å². The largest absolute Gasteiger partial charge is 0.511 e. The highest BCUT2D eigenvalue weighted by atomic mass is 32.2. The maximum Gasteiger partial charge on any atom is 0.348 e. The van der Waals surface area contributed by atoms with E-state index in [1.54, 1.807) is 12.1 Å². The molecule has 160 valence electrons. The van der Waals surface area contributed by atoms with Gasteiger partial charge in [0.2, 0.25) is 0 Å². The van der Waals surface area contributed by atoms with Crippen LogP contribution in [0.25, 0.3) is 0 Å². The topological polar surface area (TPSA) is 70.3 Å². The third kappa shape index (κ3) is 4.71. The molecule has 3 aromatic carbocycles. The maximum absolute atomic E-state index is 13.1. The summed E-state index contributed by atoms with van der Waals surface area (Å²) in [5.41, 5.74) is 2.47. The summed E-state index contributed by atoms with van der Waals surface area (Å²) < 4.78 is 6.07. The minimum Gasteiger partial charge on any atom is -0.511 e. The van der Waals surface area contributed by atoms with Crippen molar-refractivity contribution in [3.8, 4) is 6.07 Å². The lowest BCUT2D eigenvalue weighted by Crippen LogP contribution is -2.38. The monoisotopic (exact) mass is 441 g/mol. The summed E-state index contributed by atoms with van der Waals surface area (Å²) in [4.78, 5) is 13.3. The van der Waals surface area contributed by atoms with E-state index in [0.29, 0.717) is 24.2 Å². The fourth-order valence-corrected chi connectivity index (χ4v) is 4.90. The molecule has 0 aliphatic carbocycles. The lowest BCUT2D eigenvalue weighted by molar-refractivity contribution is -0.160. The van der Waals surface area contributed by atoms with E-state index in [1.807, 2.05) is 72.8 Å². The number of aryl methyl sites for hydroxylation is 1. The summed E-state index contributed by atoms with van der Waals surface area (Å²) in [6.45, 7) is 0. The van der Waals surface area contributed by atoms with Gasteiger partial charge in [0.25, 0.3) is 0 Å². The van der Waals surface area contributed by atoms with E-state index in [4.69, 9.17) is 4.74 Å². The average Bonchev–Trinajstić information content (AvgIpc) is 2.83. The highest BCUT2D eigenvalue weighted by Gasteiger charge is 2.43. The van der Waals surface area contributed by atoms with E-state index >= 15 is 0 Å². The number of aliphatic hydroxyl groups is 1. The van der Waals surface area contributed by atoms with Gasteiger partial charge in [0.1, 0.15) is 16.3 Å². The van der Waals surface area contributed by atoms with E-state index in [2.05, 4.69) is 6.07 Å². The van der Waals surface area contributed by atoms with Gasteiger partial charge in [0.15, 0.2) is 0 Å². The number of hydrogen-bond acceptors (Lipinski definition) is 5. The Morgan fingerprint density at radius 1 is 0.969 bits per heavy atom. The zero-order valence-electron chi connectivity index (χ0n) is 17.5. The number of carbonyl (C=O) groups excluding carboxylic acids is 1. The number of benzene rings is 3. The number of carbonyl (C=O) groups is 1. The molecule has 0 saturated heterocycles. The normalized spacial score (nSPS) is 18.2. The second-order valence-electron chi connectivity index (χ2n) is 7.75. The smallest absolute Gasteiger partial charge is 0.348 e. The predicted octanol–water partition coefficient (Wildman–Crippen LogP) is 6.04. The summed E-state index contributed by atoms with van der Waals surface area (Å²) in [5, 5.41) is 20.2. The molecule has 1 unspecified atom stereocenters. The molecule has 1 aliphatic rings. The van der Waals surface area contributed by atoms with Crippen LogP contribution in [-0.4, -0.2) is 11.1 Å². The van der Waals surface area contributed by atoms with Crippen LogP contribution in [0.3, 0.4) is 0 Å². The molecule has 0 fully saturated rings. The minimum absolute atomic E-state index is 0.0394. The van der Waals surface area contributed by atoms with Crippen molar-refractivity contribution in [1.82, 2.24) is 0 Å². The highest BCUT2D eigenvalue weighted by Crippen LogP contribution is 2.44. The number of esters is 1. The van der Waals surface area contributed by atoms with E-state index in [1.165, 1.54) is 11.8 Å². The summed E-state index contributed by atoms with van der Waals surface area (Å²) in [6.07, 6.45) is 1.50. The summed E-state index contributed by atoms with van der Waals surface area (Å²) in [5.74, 6) is -0.0803. The van der Waals surface area contributed by atoms with Crippen molar-refractivity contribution in [3.05, 3.63) is 118 Å².